The van der Waals surface area contributed by atoms with Gasteiger partial charge in [0.1, 0.15) is 28.5 Å². The third kappa shape index (κ3) is 8.00. The molecule has 2 aromatic carbocycles. The first kappa shape index (κ1) is 36.9. The molecule has 3 heterocycles. The van der Waals surface area contributed by atoms with E-state index in [1.54, 1.807) is 58.3 Å². The highest BCUT2D eigenvalue weighted by molar-refractivity contribution is 6.54. The van der Waals surface area contributed by atoms with Gasteiger partial charge in [0.2, 0.25) is 0 Å². The molecule has 0 unspecified atom stereocenters. The van der Waals surface area contributed by atoms with Crippen LogP contribution in [0.25, 0.3) is 6.08 Å². The molecule has 3 aliphatic rings. The van der Waals surface area contributed by atoms with Crippen molar-refractivity contribution in [2.45, 2.75) is 97.1 Å². The number of ether oxygens (including phenoxy) is 2. The number of carbonyl (C=O) groups excluding carboxylic acids is 1. The first-order valence-electron chi connectivity index (χ1n) is 16.4. The first-order chi connectivity index (χ1) is 22.6. The quantitative estimate of drug-likeness (QED) is 0.230. The Morgan fingerprint density at radius 1 is 0.918 bits per heavy atom. The molecule has 3 fully saturated rings. The van der Waals surface area contributed by atoms with Crippen LogP contribution in [0.3, 0.4) is 0 Å². The molecular weight excluding hydrogens is 653 g/mol. The van der Waals surface area contributed by atoms with Crippen LogP contribution in [0.2, 0.25) is 0 Å². The normalized spacial score (nSPS) is 20.9. The fourth-order valence-corrected chi connectivity index (χ4v) is 6.55. The van der Waals surface area contributed by atoms with Crippen LogP contribution in [-0.4, -0.2) is 61.1 Å². The van der Waals surface area contributed by atoms with Gasteiger partial charge in [-0.25, -0.2) is 18.0 Å². The summed E-state index contributed by atoms with van der Waals surface area (Å²) in [5.74, 6) is -3.43. The summed E-state index contributed by atoms with van der Waals surface area (Å²) in [6.07, 6.45) is -2.21. The second-order valence-electron chi connectivity index (χ2n) is 15.2. The van der Waals surface area contributed by atoms with Gasteiger partial charge in [-0.3, -0.25) is 0 Å². The Bertz CT molecular complexity index is 1580. The zero-order valence-electron chi connectivity index (χ0n) is 28.9. The minimum Gasteiger partial charge on any atom is -0.454 e. The Morgan fingerprint density at radius 3 is 2.10 bits per heavy atom. The van der Waals surface area contributed by atoms with E-state index in [4.69, 9.17) is 18.8 Å². The Labute approximate surface area is 283 Å². The fraction of sp³-hybridized carbons (Fsp3) is 0.571. The van der Waals surface area contributed by atoms with Crippen molar-refractivity contribution in [1.82, 2.24) is 4.90 Å². The van der Waals surface area contributed by atoms with E-state index in [-0.39, 0.29) is 24.3 Å². The van der Waals surface area contributed by atoms with Crippen LogP contribution >= 0.6 is 0 Å². The van der Waals surface area contributed by atoms with Crippen LogP contribution in [0.4, 0.5) is 36.8 Å². The van der Waals surface area contributed by atoms with E-state index in [9.17, 15) is 13.6 Å². The number of amides is 1. The number of likely N-dealkylation sites (tertiary alicyclic amines) is 1. The molecule has 0 aliphatic carbocycles. The molecular formula is C35H43BF6N2O5. The van der Waals surface area contributed by atoms with Crippen molar-refractivity contribution in [2.75, 3.05) is 31.1 Å². The number of benzene rings is 2. The Kier molecular flexibility index (Phi) is 9.83. The second kappa shape index (κ2) is 13.1. The molecule has 1 amide bonds. The highest BCUT2D eigenvalue weighted by Crippen LogP contribution is 2.50. The summed E-state index contributed by atoms with van der Waals surface area (Å²) < 4.78 is 112. The summed E-state index contributed by atoms with van der Waals surface area (Å²) in [5.41, 5.74) is -5.50. The minimum absolute atomic E-state index is 0.102. The topological polar surface area (TPSA) is 60.5 Å². The number of hydrogen-bond donors (Lipinski definition) is 0. The molecule has 0 bridgehead atoms. The molecule has 268 valence electrons. The van der Waals surface area contributed by atoms with Crippen LogP contribution in [0.5, 0.6) is 11.5 Å². The number of nitrogens with zero attached hydrogens (tertiary/aromatic N) is 2. The number of carbonyl (C=O) groups is 1. The third-order valence-corrected chi connectivity index (χ3v) is 9.79. The maximum atomic E-state index is 15.9. The van der Waals surface area contributed by atoms with Crippen molar-refractivity contribution in [3.63, 3.8) is 0 Å². The van der Waals surface area contributed by atoms with Crippen molar-refractivity contribution in [3.8, 4) is 11.5 Å². The lowest BCUT2D eigenvalue weighted by Crippen LogP contribution is -2.51. The predicted molar refractivity (Wildman–Crippen MR) is 174 cm³/mol. The molecule has 3 aliphatic heterocycles. The fourth-order valence-electron chi connectivity index (χ4n) is 6.55. The number of piperidine rings is 2. The molecule has 5 rings (SSSR count). The van der Waals surface area contributed by atoms with Crippen molar-refractivity contribution < 1.29 is 49.9 Å². The van der Waals surface area contributed by atoms with Crippen LogP contribution in [0.1, 0.15) is 85.3 Å². The lowest BCUT2D eigenvalue weighted by atomic mass is 9.72. The smallest absolute Gasteiger partial charge is 0.454 e. The molecule has 49 heavy (non-hydrogen) atoms. The van der Waals surface area contributed by atoms with Gasteiger partial charge in [0.05, 0.1) is 16.9 Å². The van der Waals surface area contributed by atoms with Gasteiger partial charge in [-0.05, 0) is 110 Å². The van der Waals surface area contributed by atoms with Crippen LogP contribution in [-0.2, 0) is 20.2 Å². The summed E-state index contributed by atoms with van der Waals surface area (Å²) in [5, 5.41) is 0. The Morgan fingerprint density at radius 2 is 1.53 bits per heavy atom. The van der Waals surface area contributed by atoms with Gasteiger partial charge in [0.15, 0.2) is 11.6 Å². The van der Waals surface area contributed by atoms with Gasteiger partial charge in [-0.2, -0.15) is 13.2 Å². The van der Waals surface area contributed by atoms with E-state index in [0.29, 0.717) is 38.4 Å². The van der Waals surface area contributed by atoms with E-state index >= 15 is 17.6 Å². The third-order valence-electron chi connectivity index (χ3n) is 9.79. The predicted octanol–water partition coefficient (Wildman–Crippen LogP) is 9.34. The molecule has 0 radical (unpaired) electrons. The van der Waals surface area contributed by atoms with Crippen LogP contribution < -0.4 is 9.64 Å². The SMILES string of the molecule is CC(C)(C)OC(=O)N1CCC2(CCCN(c3c(/C=C(\F)B4OC(C)(C)C(C)(C)O4)ccc(Oc4ccc(F)cc4F)c3C(F)(F)F)C2)CC1. The number of anilines is 1. The van der Waals surface area contributed by atoms with Crippen molar-refractivity contribution >= 4 is 25.0 Å². The Hall–Kier alpha value is -3.39. The summed E-state index contributed by atoms with van der Waals surface area (Å²) in [7, 11) is -1.46. The molecule has 14 heteroatoms. The summed E-state index contributed by atoms with van der Waals surface area (Å²) in [6.45, 7) is 13.4. The van der Waals surface area contributed by atoms with E-state index in [2.05, 4.69) is 0 Å². The standard InChI is InChI=1S/C35H43BF6N2O5/c1-31(2,3)47-30(45)43-17-14-34(15-18-43)13-8-16-44(21-34)29-22(19-27(39)36-48-32(4,5)33(6,7)49-36)9-11-26(28(29)35(40,41)42)46-25-12-10-23(37)20-24(25)38/h9-12,19-20H,8,13-18,21H2,1-7H3/b27-19-. The molecule has 7 nitrogen and oxygen atoms in total. The Balaban J connectivity index is 1.55. The zero-order valence-corrected chi connectivity index (χ0v) is 28.9. The number of rotatable bonds is 5. The number of hydrogen-bond acceptors (Lipinski definition) is 6. The van der Waals surface area contributed by atoms with Gasteiger partial charge in [0, 0.05) is 37.8 Å². The van der Waals surface area contributed by atoms with Crippen molar-refractivity contribution in [3.05, 3.63) is 58.8 Å². The summed E-state index contributed by atoms with van der Waals surface area (Å²) in [4.78, 5) is 15.9. The molecule has 3 saturated heterocycles. The lowest BCUT2D eigenvalue weighted by Gasteiger charge is -2.49. The largest absolute Gasteiger partial charge is 0.525 e. The van der Waals surface area contributed by atoms with E-state index in [1.807, 2.05) is 0 Å². The second-order valence-corrected chi connectivity index (χ2v) is 15.2. The van der Waals surface area contributed by atoms with Gasteiger partial charge in [0.25, 0.3) is 0 Å². The van der Waals surface area contributed by atoms with Crippen molar-refractivity contribution in [2.24, 2.45) is 5.41 Å². The summed E-state index contributed by atoms with van der Waals surface area (Å²) in [6, 6.07) is 4.57. The summed E-state index contributed by atoms with van der Waals surface area (Å²) >= 11 is 0. The molecule has 1 spiro atoms. The molecule has 0 aromatic heterocycles. The highest BCUT2D eigenvalue weighted by Gasteiger charge is 2.53. The molecule has 0 N–H and O–H groups in total. The maximum absolute atomic E-state index is 15.9. The average molecular weight is 697 g/mol. The van der Waals surface area contributed by atoms with E-state index in [0.717, 1.165) is 30.7 Å². The number of alkyl halides is 3. The minimum atomic E-state index is -5.03. The van der Waals surface area contributed by atoms with Gasteiger partial charge in [-0.15, -0.1) is 0 Å². The maximum Gasteiger partial charge on any atom is 0.525 e. The highest BCUT2D eigenvalue weighted by atomic mass is 19.4. The van der Waals surface area contributed by atoms with E-state index < -0.39 is 76.0 Å². The zero-order chi connectivity index (χ0) is 36.2. The van der Waals surface area contributed by atoms with Crippen LogP contribution in [0, 0.1) is 17.0 Å². The lowest BCUT2D eigenvalue weighted by molar-refractivity contribution is -0.138. The molecule has 2 aromatic rings. The van der Waals surface area contributed by atoms with Gasteiger partial charge in [-0.1, -0.05) is 0 Å². The molecule has 0 atom stereocenters. The van der Waals surface area contributed by atoms with Crippen LogP contribution in [0.15, 0.2) is 36.1 Å². The van der Waals surface area contributed by atoms with Gasteiger partial charge >= 0.3 is 19.4 Å². The number of halogens is 6. The monoisotopic (exact) mass is 696 g/mol. The van der Waals surface area contributed by atoms with Crippen molar-refractivity contribution in [1.29, 1.82) is 0 Å². The molecule has 0 saturated carbocycles. The average Bonchev–Trinajstić information content (AvgIpc) is 3.20. The first-order valence-corrected chi connectivity index (χ1v) is 16.4. The van der Waals surface area contributed by atoms with Gasteiger partial charge < -0.3 is 28.6 Å². The van der Waals surface area contributed by atoms with E-state index in [1.165, 1.54) is 6.07 Å².